The number of fused-ring (bicyclic) bond motifs is 1. The Morgan fingerprint density at radius 2 is 2.17 bits per heavy atom. The molecule has 1 amide bonds. The predicted octanol–water partition coefficient (Wildman–Crippen LogP) is 3.24. The Labute approximate surface area is 140 Å². The number of carbonyl (C=O) groups is 1. The largest absolute Gasteiger partial charge is 0.441 e. The van der Waals surface area contributed by atoms with Crippen molar-refractivity contribution < 1.29 is 9.21 Å². The first kappa shape index (κ1) is 14.9. The van der Waals surface area contributed by atoms with E-state index in [9.17, 15) is 4.79 Å². The van der Waals surface area contributed by atoms with E-state index in [0.717, 1.165) is 37.0 Å². The van der Waals surface area contributed by atoms with E-state index < -0.39 is 0 Å². The van der Waals surface area contributed by atoms with Crippen LogP contribution in [-0.4, -0.2) is 32.1 Å². The van der Waals surface area contributed by atoms with Crippen LogP contribution < -0.4 is 0 Å². The fraction of sp³-hybridized carbons (Fsp3) is 0.389. The zero-order chi connectivity index (χ0) is 16.7. The van der Waals surface area contributed by atoms with E-state index in [4.69, 9.17) is 4.42 Å². The summed E-state index contributed by atoms with van der Waals surface area (Å²) in [6, 6.07) is 7.56. The minimum atomic E-state index is 0.0388. The first-order valence-corrected chi connectivity index (χ1v) is 8.29. The molecule has 1 aliphatic rings. The number of piperidine rings is 1. The first-order chi connectivity index (χ1) is 11.6. The van der Waals surface area contributed by atoms with E-state index >= 15 is 0 Å². The Bertz CT molecular complexity index is 895. The molecule has 1 aromatic carbocycles. The van der Waals surface area contributed by atoms with Crippen LogP contribution >= 0.6 is 0 Å². The zero-order valence-corrected chi connectivity index (χ0v) is 13.9. The number of rotatable bonds is 2. The van der Waals surface area contributed by atoms with Gasteiger partial charge in [-0.2, -0.15) is 5.10 Å². The molecule has 0 aliphatic carbocycles. The van der Waals surface area contributed by atoms with Gasteiger partial charge >= 0.3 is 0 Å². The van der Waals surface area contributed by atoms with E-state index in [-0.39, 0.29) is 11.9 Å². The summed E-state index contributed by atoms with van der Waals surface area (Å²) in [6.07, 6.45) is 4.91. The second-order valence-electron chi connectivity index (χ2n) is 6.31. The lowest BCUT2D eigenvalue weighted by Gasteiger charge is -2.35. The lowest BCUT2D eigenvalue weighted by Crippen LogP contribution is -2.39. The van der Waals surface area contributed by atoms with Gasteiger partial charge in [-0.15, -0.1) is 0 Å². The number of nitrogens with zero attached hydrogens (tertiary/aromatic N) is 4. The maximum absolute atomic E-state index is 13.1. The Morgan fingerprint density at radius 3 is 2.96 bits per heavy atom. The van der Waals surface area contributed by atoms with E-state index in [1.54, 1.807) is 12.3 Å². The van der Waals surface area contributed by atoms with Crippen molar-refractivity contribution in [3.8, 4) is 0 Å². The molecule has 3 heterocycles. The van der Waals surface area contributed by atoms with E-state index in [0.29, 0.717) is 17.0 Å². The molecule has 1 atom stereocenters. The Morgan fingerprint density at radius 1 is 1.29 bits per heavy atom. The Kier molecular flexibility index (Phi) is 3.59. The third kappa shape index (κ3) is 2.48. The van der Waals surface area contributed by atoms with Gasteiger partial charge in [0.25, 0.3) is 5.91 Å². The van der Waals surface area contributed by atoms with Crippen LogP contribution in [0.4, 0.5) is 0 Å². The monoisotopic (exact) mass is 324 g/mol. The lowest BCUT2D eigenvalue weighted by atomic mass is 9.98. The van der Waals surface area contributed by atoms with Crippen LogP contribution in [0.15, 0.2) is 34.9 Å². The smallest absolute Gasteiger partial charge is 0.254 e. The van der Waals surface area contributed by atoms with Gasteiger partial charge in [-0.05, 0) is 43.5 Å². The first-order valence-electron chi connectivity index (χ1n) is 8.29. The van der Waals surface area contributed by atoms with Gasteiger partial charge in [-0.3, -0.25) is 9.48 Å². The van der Waals surface area contributed by atoms with Crippen molar-refractivity contribution in [3.05, 3.63) is 47.6 Å². The zero-order valence-electron chi connectivity index (χ0n) is 13.9. The van der Waals surface area contributed by atoms with Crippen molar-refractivity contribution in [3.63, 3.8) is 0 Å². The van der Waals surface area contributed by atoms with Crippen molar-refractivity contribution in [2.45, 2.75) is 32.2 Å². The van der Waals surface area contributed by atoms with Gasteiger partial charge < -0.3 is 9.32 Å². The molecule has 0 saturated carbocycles. The molecule has 0 bridgehead atoms. The van der Waals surface area contributed by atoms with Crippen molar-refractivity contribution in [1.82, 2.24) is 19.7 Å². The molecule has 1 fully saturated rings. The molecule has 3 aromatic rings. The SMILES string of the molecule is Cc1nc2ccc(C(=O)N3CCCCC3c3ccnn3C)cc2o1. The third-order valence-electron chi connectivity index (χ3n) is 4.71. The van der Waals surface area contributed by atoms with E-state index in [1.807, 2.05) is 41.8 Å². The van der Waals surface area contributed by atoms with Crippen LogP contribution in [0.2, 0.25) is 0 Å². The summed E-state index contributed by atoms with van der Waals surface area (Å²) >= 11 is 0. The molecule has 6 nitrogen and oxygen atoms in total. The van der Waals surface area contributed by atoms with Crippen LogP contribution in [0, 0.1) is 6.92 Å². The molecule has 1 unspecified atom stereocenters. The fourth-order valence-electron chi connectivity index (χ4n) is 3.53. The summed E-state index contributed by atoms with van der Waals surface area (Å²) in [5.74, 6) is 0.650. The highest BCUT2D eigenvalue weighted by atomic mass is 16.3. The molecule has 1 aliphatic heterocycles. The minimum absolute atomic E-state index is 0.0388. The molecule has 124 valence electrons. The molecule has 2 aromatic heterocycles. The summed E-state index contributed by atoms with van der Waals surface area (Å²) in [4.78, 5) is 19.4. The topological polar surface area (TPSA) is 64.2 Å². The lowest BCUT2D eigenvalue weighted by molar-refractivity contribution is 0.0601. The fourth-order valence-corrected chi connectivity index (χ4v) is 3.53. The Balaban J connectivity index is 1.68. The molecule has 0 radical (unpaired) electrons. The average molecular weight is 324 g/mol. The van der Waals surface area contributed by atoms with Crippen LogP contribution in [0.25, 0.3) is 11.1 Å². The summed E-state index contributed by atoms with van der Waals surface area (Å²) in [5, 5.41) is 4.26. The number of likely N-dealkylation sites (tertiary alicyclic amines) is 1. The number of hydrogen-bond donors (Lipinski definition) is 0. The second-order valence-corrected chi connectivity index (χ2v) is 6.31. The molecule has 4 rings (SSSR count). The summed E-state index contributed by atoms with van der Waals surface area (Å²) < 4.78 is 7.43. The normalized spacial score (nSPS) is 18.2. The van der Waals surface area contributed by atoms with Gasteiger partial charge in [0, 0.05) is 32.3 Å². The van der Waals surface area contributed by atoms with Gasteiger partial charge in [0.2, 0.25) is 0 Å². The quantitative estimate of drug-likeness (QED) is 0.726. The molecule has 1 saturated heterocycles. The van der Waals surface area contributed by atoms with Crippen LogP contribution in [-0.2, 0) is 7.05 Å². The van der Waals surface area contributed by atoms with E-state index in [2.05, 4.69) is 10.1 Å². The van der Waals surface area contributed by atoms with Gasteiger partial charge in [0.15, 0.2) is 11.5 Å². The van der Waals surface area contributed by atoms with Crippen molar-refractivity contribution in [1.29, 1.82) is 0 Å². The number of aromatic nitrogens is 3. The molecular formula is C18H20N4O2. The van der Waals surface area contributed by atoms with Crippen LogP contribution in [0.5, 0.6) is 0 Å². The number of aryl methyl sites for hydroxylation is 2. The van der Waals surface area contributed by atoms with E-state index in [1.165, 1.54) is 0 Å². The maximum Gasteiger partial charge on any atom is 0.254 e. The van der Waals surface area contributed by atoms with Gasteiger partial charge in [0.1, 0.15) is 5.52 Å². The molecule has 0 N–H and O–H groups in total. The number of amides is 1. The second kappa shape index (κ2) is 5.78. The van der Waals surface area contributed by atoms with Crippen molar-refractivity contribution in [2.24, 2.45) is 7.05 Å². The minimum Gasteiger partial charge on any atom is -0.441 e. The number of oxazole rings is 1. The van der Waals surface area contributed by atoms with Crippen molar-refractivity contribution in [2.75, 3.05) is 6.54 Å². The highest BCUT2D eigenvalue weighted by Gasteiger charge is 2.30. The number of carbonyl (C=O) groups excluding carboxylic acids is 1. The van der Waals surface area contributed by atoms with Crippen LogP contribution in [0.3, 0.4) is 0 Å². The summed E-state index contributed by atoms with van der Waals surface area (Å²) in [7, 11) is 1.93. The van der Waals surface area contributed by atoms with Gasteiger partial charge in [-0.25, -0.2) is 4.98 Å². The summed E-state index contributed by atoms with van der Waals surface area (Å²) in [6.45, 7) is 2.58. The molecule has 0 spiro atoms. The standard InChI is InChI=1S/C18H20N4O2/c1-12-20-14-7-6-13(11-17(14)24-12)18(23)22-10-4-3-5-16(22)15-8-9-19-21(15)2/h6-9,11,16H,3-5,10H2,1-2H3. The summed E-state index contributed by atoms with van der Waals surface area (Å²) in [5.41, 5.74) is 3.17. The van der Waals surface area contributed by atoms with Gasteiger partial charge in [0.05, 0.1) is 11.7 Å². The maximum atomic E-state index is 13.1. The van der Waals surface area contributed by atoms with Crippen molar-refractivity contribution >= 4 is 17.0 Å². The molecular weight excluding hydrogens is 304 g/mol. The predicted molar refractivity (Wildman–Crippen MR) is 89.6 cm³/mol. The average Bonchev–Trinajstić information content (AvgIpc) is 3.17. The number of benzene rings is 1. The van der Waals surface area contributed by atoms with Gasteiger partial charge in [-0.1, -0.05) is 0 Å². The number of hydrogen-bond acceptors (Lipinski definition) is 4. The van der Waals surface area contributed by atoms with Crippen LogP contribution in [0.1, 0.15) is 47.2 Å². The Hall–Kier alpha value is -2.63. The molecule has 6 heteroatoms. The highest BCUT2D eigenvalue weighted by Crippen LogP contribution is 2.32. The highest BCUT2D eigenvalue weighted by molar-refractivity contribution is 5.97. The molecule has 24 heavy (non-hydrogen) atoms. The third-order valence-corrected chi connectivity index (χ3v) is 4.71.